The van der Waals surface area contributed by atoms with Gasteiger partial charge in [-0.25, -0.2) is 9.97 Å². The van der Waals surface area contributed by atoms with Crippen LogP contribution in [0, 0.1) is 0 Å². The fourth-order valence-electron chi connectivity index (χ4n) is 1.25. The van der Waals surface area contributed by atoms with Crippen LogP contribution in [0.1, 0.15) is 16.2 Å². The van der Waals surface area contributed by atoms with Crippen molar-refractivity contribution in [1.29, 1.82) is 0 Å². The smallest absolute Gasteiger partial charge is 0.270 e. The van der Waals surface area contributed by atoms with Gasteiger partial charge in [-0.1, -0.05) is 0 Å². The molecule has 6 heteroatoms. The van der Waals surface area contributed by atoms with Gasteiger partial charge in [0.15, 0.2) is 0 Å². The van der Waals surface area contributed by atoms with Crippen molar-refractivity contribution in [2.75, 3.05) is 7.11 Å². The van der Waals surface area contributed by atoms with Gasteiger partial charge in [-0.2, -0.15) is 0 Å². The van der Waals surface area contributed by atoms with E-state index >= 15 is 0 Å². The van der Waals surface area contributed by atoms with E-state index in [4.69, 9.17) is 9.15 Å². The predicted octanol–water partition coefficient (Wildman–Crippen LogP) is 1.01. The molecule has 2 aromatic rings. The van der Waals surface area contributed by atoms with E-state index in [-0.39, 0.29) is 11.6 Å². The number of hydrogen-bond donors (Lipinski definition) is 1. The molecule has 1 N–H and O–H groups in total. The van der Waals surface area contributed by atoms with Gasteiger partial charge in [-0.05, 0) is 12.1 Å². The lowest BCUT2D eigenvalue weighted by atomic mass is 10.3. The summed E-state index contributed by atoms with van der Waals surface area (Å²) in [5, 5.41) is 2.67. The molecule has 0 bridgehead atoms. The van der Waals surface area contributed by atoms with Crippen molar-refractivity contribution in [2.24, 2.45) is 0 Å². The lowest BCUT2D eigenvalue weighted by molar-refractivity contribution is 0.0942. The highest BCUT2D eigenvalue weighted by molar-refractivity contribution is 5.92. The van der Waals surface area contributed by atoms with E-state index in [1.165, 1.54) is 19.5 Å². The van der Waals surface area contributed by atoms with E-state index in [1.807, 2.05) is 0 Å². The molecular formula is C11H11N3O3. The lowest BCUT2D eigenvalue weighted by Crippen LogP contribution is -2.23. The Balaban J connectivity index is 1.99. The molecule has 6 nitrogen and oxygen atoms in total. The minimum atomic E-state index is -0.304. The number of carbonyl (C=O) groups excluding carboxylic acids is 1. The van der Waals surface area contributed by atoms with Gasteiger partial charge in [0.25, 0.3) is 5.91 Å². The topological polar surface area (TPSA) is 77.2 Å². The molecule has 0 saturated heterocycles. The molecule has 0 saturated carbocycles. The van der Waals surface area contributed by atoms with E-state index in [0.29, 0.717) is 18.2 Å². The molecule has 2 rings (SSSR count). The van der Waals surface area contributed by atoms with Crippen molar-refractivity contribution in [3.05, 3.63) is 42.2 Å². The molecule has 0 spiro atoms. The molecule has 1 amide bonds. The molecule has 17 heavy (non-hydrogen) atoms. The number of hydrogen-bond acceptors (Lipinski definition) is 5. The molecule has 0 aliphatic rings. The van der Waals surface area contributed by atoms with Crippen molar-refractivity contribution in [3.8, 4) is 5.88 Å². The second-order valence-corrected chi connectivity index (χ2v) is 3.21. The van der Waals surface area contributed by atoms with Crippen LogP contribution in [0.15, 0.2) is 35.2 Å². The number of nitrogens with one attached hydrogen (secondary N) is 1. The summed E-state index contributed by atoms with van der Waals surface area (Å²) in [6.45, 7) is 0.318. The molecule has 0 aliphatic carbocycles. The van der Waals surface area contributed by atoms with Crippen LogP contribution in [0.3, 0.4) is 0 Å². The van der Waals surface area contributed by atoms with Crippen LogP contribution in [0.4, 0.5) is 0 Å². The summed E-state index contributed by atoms with van der Waals surface area (Å²) in [6.07, 6.45) is 2.83. The van der Waals surface area contributed by atoms with E-state index in [1.54, 1.807) is 18.4 Å². The molecule has 0 unspecified atom stereocenters. The van der Waals surface area contributed by atoms with E-state index in [0.717, 1.165) is 0 Å². The summed E-state index contributed by atoms with van der Waals surface area (Å²) in [5.74, 6) is 0.726. The maximum absolute atomic E-state index is 11.7. The quantitative estimate of drug-likeness (QED) is 0.852. The van der Waals surface area contributed by atoms with Crippen LogP contribution in [0.2, 0.25) is 0 Å². The van der Waals surface area contributed by atoms with Crippen LogP contribution in [-0.2, 0) is 6.54 Å². The van der Waals surface area contributed by atoms with Gasteiger partial charge < -0.3 is 14.5 Å². The Bertz CT molecular complexity index is 496. The molecule has 0 atom stereocenters. The molecule has 0 aliphatic heterocycles. The summed E-state index contributed by atoms with van der Waals surface area (Å²) >= 11 is 0. The third-order valence-corrected chi connectivity index (χ3v) is 2.09. The first-order chi connectivity index (χ1) is 8.29. The largest absolute Gasteiger partial charge is 0.481 e. The maximum Gasteiger partial charge on any atom is 0.270 e. The summed E-state index contributed by atoms with van der Waals surface area (Å²) in [4.78, 5) is 19.4. The van der Waals surface area contributed by atoms with Crippen molar-refractivity contribution >= 4 is 5.91 Å². The molecule has 2 aromatic heterocycles. The number of aromatic nitrogens is 2. The average Bonchev–Trinajstić information content (AvgIpc) is 2.89. The van der Waals surface area contributed by atoms with Crippen LogP contribution < -0.4 is 10.1 Å². The van der Waals surface area contributed by atoms with Crippen LogP contribution in [-0.4, -0.2) is 23.0 Å². The van der Waals surface area contributed by atoms with Gasteiger partial charge in [0.1, 0.15) is 17.8 Å². The first kappa shape index (κ1) is 11.1. The zero-order chi connectivity index (χ0) is 12.1. The third kappa shape index (κ3) is 2.81. The van der Waals surface area contributed by atoms with Gasteiger partial charge in [-0.15, -0.1) is 0 Å². The van der Waals surface area contributed by atoms with Gasteiger partial charge in [0.2, 0.25) is 5.88 Å². The van der Waals surface area contributed by atoms with Crippen molar-refractivity contribution < 1.29 is 13.9 Å². The van der Waals surface area contributed by atoms with Crippen LogP contribution in [0.5, 0.6) is 5.88 Å². The zero-order valence-electron chi connectivity index (χ0n) is 9.21. The SMILES string of the molecule is COc1cc(C(=O)NCc2ccco2)ncn1. The second-order valence-electron chi connectivity index (χ2n) is 3.21. The Hall–Kier alpha value is -2.37. The molecule has 0 fully saturated rings. The molecule has 2 heterocycles. The number of amides is 1. The van der Waals surface area contributed by atoms with Gasteiger partial charge in [-0.3, -0.25) is 4.79 Å². The highest BCUT2D eigenvalue weighted by Gasteiger charge is 2.09. The van der Waals surface area contributed by atoms with Gasteiger partial charge in [0, 0.05) is 6.07 Å². The summed E-state index contributed by atoms with van der Waals surface area (Å²) in [5.41, 5.74) is 0.253. The van der Waals surface area contributed by atoms with E-state index < -0.39 is 0 Å². The standard InChI is InChI=1S/C11H11N3O3/c1-16-10-5-9(13-7-14-10)11(15)12-6-8-3-2-4-17-8/h2-5,7H,6H2,1H3,(H,12,15). The number of ether oxygens (including phenoxy) is 1. The first-order valence-corrected chi connectivity index (χ1v) is 4.96. The van der Waals surface area contributed by atoms with Gasteiger partial charge >= 0.3 is 0 Å². The fraction of sp³-hybridized carbons (Fsp3) is 0.182. The Morgan fingerprint density at radius 2 is 2.41 bits per heavy atom. The second kappa shape index (κ2) is 5.11. The highest BCUT2D eigenvalue weighted by atomic mass is 16.5. The Kier molecular flexibility index (Phi) is 3.34. The Morgan fingerprint density at radius 3 is 3.12 bits per heavy atom. The lowest BCUT2D eigenvalue weighted by Gasteiger charge is -2.03. The summed E-state index contributed by atoms with van der Waals surface area (Å²) in [6, 6.07) is 5.01. The van der Waals surface area contributed by atoms with E-state index in [9.17, 15) is 4.79 Å². The Morgan fingerprint density at radius 1 is 1.53 bits per heavy atom. The van der Waals surface area contributed by atoms with Crippen LogP contribution in [0.25, 0.3) is 0 Å². The third-order valence-electron chi connectivity index (χ3n) is 2.09. The minimum Gasteiger partial charge on any atom is -0.481 e. The monoisotopic (exact) mass is 233 g/mol. The predicted molar refractivity (Wildman–Crippen MR) is 58.5 cm³/mol. The molecule has 0 radical (unpaired) electrons. The Labute approximate surface area is 97.6 Å². The molecule has 0 aromatic carbocycles. The maximum atomic E-state index is 11.7. The normalized spacial score (nSPS) is 9.94. The molecule has 88 valence electrons. The van der Waals surface area contributed by atoms with Crippen molar-refractivity contribution in [2.45, 2.75) is 6.54 Å². The number of carbonyl (C=O) groups is 1. The number of rotatable bonds is 4. The zero-order valence-corrected chi connectivity index (χ0v) is 9.21. The van der Waals surface area contributed by atoms with E-state index in [2.05, 4.69) is 15.3 Å². The fourth-order valence-corrected chi connectivity index (χ4v) is 1.25. The molecular weight excluding hydrogens is 222 g/mol. The summed E-state index contributed by atoms with van der Waals surface area (Å²) in [7, 11) is 1.48. The summed E-state index contributed by atoms with van der Waals surface area (Å²) < 4.78 is 10.00. The number of methoxy groups -OCH3 is 1. The first-order valence-electron chi connectivity index (χ1n) is 4.96. The number of furan rings is 1. The highest BCUT2D eigenvalue weighted by Crippen LogP contribution is 2.06. The number of nitrogens with zero attached hydrogens (tertiary/aromatic N) is 2. The van der Waals surface area contributed by atoms with Crippen molar-refractivity contribution in [3.63, 3.8) is 0 Å². The van der Waals surface area contributed by atoms with Gasteiger partial charge in [0.05, 0.1) is 19.9 Å². The van der Waals surface area contributed by atoms with Crippen molar-refractivity contribution in [1.82, 2.24) is 15.3 Å². The van der Waals surface area contributed by atoms with Crippen LogP contribution >= 0.6 is 0 Å². The minimum absolute atomic E-state index is 0.253. The average molecular weight is 233 g/mol.